The molecule has 10 heavy (non-hydrogen) atoms. The minimum absolute atomic E-state index is 0.0648. The number of ether oxygens (including phenoxy) is 1. The first-order valence-corrected chi connectivity index (χ1v) is 3.36. The van der Waals surface area contributed by atoms with Crippen LogP contribution in [-0.4, -0.2) is 19.3 Å². The minimum atomic E-state index is 0.0648. The Kier molecular flexibility index (Phi) is 2.14. The van der Waals surface area contributed by atoms with Gasteiger partial charge >= 0.3 is 0 Å². The third kappa shape index (κ3) is 1.08. The first-order chi connectivity index (χ1) is 4.79. The van der Waals surface area contributed by atoms with Crippen molar-refractivity contribution in [3.63, 3.8) is 0 Å². The fourth-order valence-corrected chi connectivity index (χ4v) is 1.30. The number of hydrogen-bond donors (Lipinski definition) is 0. The Morgan fingerprint density at radius 1 is 1.70 bits per heavy atom. The van der Waals surface area contributed by atoms with Crippen molar-refractivity contribution in [1.29, 1.82) is 0 Å². The van der Waals surface area contributed by atoms with Crippen LogP contribution in [-0.2, 0) is 4.74 Å². The van der Waals surface area contributed by atoms with E-state index in [1.807, 2.05) is 0 Å². The largest absolute Gasteiger partial charge is 0.381 e. The summed E-state index contributed by atoms with van der Waals surface area (Å²) >= 11 is 0. The molecule has 1 saturated carbocycles. The van der Waals surface area contributed by atoms with Gasteiger partial charge in [0.15, 0.2) is 0 Å². The molecule has 0 aliphatic heterocycles. The van der Waals surface area contributed by atoms with Gasteiger partial charge in [-0.15, -0.1) is 0 Å². The van der Waals surface area contributed by atoms with Gasteiger partial charge in [0.25, 0.3) is 0 Å². The van der Waals surface area contributed by atoms with Crippen molar-refractivity contribution < 1.29 is 4.74 Å². The molecule has 56 valence electrons. The number of methoxy groups -OCH3 is 1. The van der Waals surface area contributed by atoms with Crippen LogP contribution in [0.15, 0.2) is 5.11 Å². The minimum Gasteiger partial charge on any atom is -0.381 e. The highest BCUT2D eigenvalue weighted by Gasteiger charge is 2.37. The summed E-state index contributed by atoms with van der Waals surface area (Å²) in [4.78, 5) is 2.75. The van der Waals surface area contributed by atoms with E-state index >= 15 is 0 Å². The number of nitrogens with zero attached hydrogens (tertiary/aromatic N) is 3. The Bertz CT molecular complexity index is 164. The second-order valence-corrected chi connectivity index (χ2v) is 2.68. The Morgan fingerprint density at radius 2 is 2.40 bits per heavy atom. The van der Waals surface area contributed by atoms with Gasteiger partial charge in [-0.05, 0) is 17.9 Å². The van der Waals surface area contributed by atoms with E-state index in [1.54, 1.807) is 7.11 Å². The fraction of sp³-hybridized carbons (Fsp3) is 1.00. The SMILES string of the molecule is COC1CC(C)C1N=[N+]=[N-]. The van der Waals surface area contributed by atoms with Crippen molar-refractivity contribution in [1.82, 2.24) is 0 Å². The van der Waals surface area contributed by atoms with Gasteiger partial charge in [0.05, 0.1) is 12.1 Å². The van der Waals surface area contributed by atoms with Crippen molar-refractivity contribution in [2.75, 3.05) is 7.11 Å². The molecule has 1 aliphatic rings. The van der Waals surface area contributed by atoms with Crippen LogP contribution in [0.2, 0.25) is 0 Å². The lowest BCUT2D eigenvalue weighted by atomic mass is 9.78. The van der Waals surface area contributed by atoms with Gasteiger partial charge in [0.2, 0.25) is 0 Å². The maximum Gasteiger partial charge on any atom is 0.0662 e. The van der Waals surface area contributed by atoms with E-state index in [0.29, 0.717) is 5.92 Å². The van der Waals surface area contributed by atoms with Crippen LogP contribution in [0, 0.1) is 5.92 Å². The molecule has 4 nitrogen and oxygen atoms in total. The van der Waals surface area contributed by atoms with Gasteiger partial charge in [-0.3, -0.25) is 0 Å². The van der Waals surface area contributed by atoms with Crippen LogP contribution in [0.1, 0.15) is 13.3 Å². The highest BCUT2D eigenvalue weighted by atomic mass is 16.5. The smallest absolute Gasteiger partial charge is 0.0662 e. The lowest BCUT2D eigenvalue weighted by Crippen LogP contribution is -2.44. The Morgan fingerprint density at radius 3 is 2.80 bits per heavy atom. The molecule has 0 spiro atoms. The van der Waals surface area contributed by atoms with Crippen LogP contribution < -0.4 is 0 Å². The molecule has 0 saturated heterocycles. The van der Waals surface area contributed by atoms with Crippen LogP contribution in [0.25, 0.3) is 10.4 Å². The van der Waals surface area contributed by atoms with Gasteiger partial charge < -0.3 is 4.74 Å². The van der Waals surface area contributed by atoms with E-state index in [2.05, 4.69) is 16.9 Å². The van der Waals surface area contributed by atoms with Gasteiger partial charge in [-0.25, -0.2) is 0 Å². The first kappa shape index (κ1) is 7.38. The summed E-state index contributed by atoms with van der Waals surface area (Å²) in [5, 5.41) is 3.62. The summed E-state index contributed by atoms with van der Waals surface area (Å²) in [6, 6.07) is 0.0648. The quantitative estimate of drug-likeness (QED) is 0.328. The van der Waals surface area contributed by atoms with Gasteiger partial charge in [-0.2, -0.15) is 0 Å². The highest BCUT2D eigenvalue weighted by molar-refractivity contribution is 4.93. The maximum absolute atomic E-state index is 8.14. The molecule has 0 aromatic heterocycles. The van der Waals surface area contributed by atoms with Gasteiger partial charge in [0.1, 0.15) is 0 Å². The van der Waals surface area contributed by atoms with E-state index in [4.69, 9.17) is 10.3 Å². The second-order valence-electron chi connectivity index (χ2n) is 2.68. The van der Waals surface area contributed by atoms with Crippen molar-refractivity contribution in [3.8, 4) is 0 Å². The molecule has 0 N–H and O–H groups in total. The summed E-state index contributed by atoms with van der Waals surface area (Å²) in [6.07, 6.45) is 1.17. The summed E-state index contributed by atoms with van der Waals surface area (Å²) in [5.41, 5.74) is 8.14. The molecule has 0 aromatic carbocycles. The van der Waals surface area contributed by atoms with Crippen molar-refractivity contribution in [3.05, 3.63) is 10.4 Å². The molecule has 0 heterocycles. The molecule has 1 rings (SSSR count). The Balaban J connectivity index is 2.47. The number of azide groups is 1. The van der Waals surface area contributed by atoms with Crippen LogP contribution in [0.4, 0.5) is 0 Å². The second kappa shape index (κ2) is 2.90. The molecule has 4 heteroatoms. The van der Waals surface area contributed by atoms with Crippen LogP contribution in [0.5, 0.6) is 0 Å². The Hall–Kier alpha value is -0.730. The van der Waals surface area contributed by atoms with Crippen molar-refractivity contribution >= 4 is 0 Å². The molecule has 1 aliphatic carbocycles. The molecule has 3 unspecified atom stereocenters. The molecular weight excluding hydrogens is 130 g/mol. The maximum atomic E-state index is 8.14. The van der Waals surface area contributed by atoms with Crippen LogP contribution in [0.3, 0.4) is 0 Å². The Labute approximate surface area is 59.8 Å². The third-order valence-corrected chi connectivity index (χ3v) is 2.06. The van der Waals surface area contributed by atoms with E-state index in [-0.39, 0.29) is 12.1 Å². The van der Waals surface area contributed by atoms with Gasteiger partial charge in [0, 0.05) is 12.0 Å². The molecule has 3 atom stereocenters. The fourth-order valence-electron chi connectivity index (χ4n) is 1.30. The summed E-state index contributed by atoms with van der Waals surface area (Å²) < 4.78 is 5.06. The predicted molar refractivity (Wildman–Crippen MR) is 37.5 cm³/mol. The monoisotopic (exact) mass is 141 g/mol. The zero-order chi connectivity index (χ0) is 7.56. The highest BCUT2D eigenvalue weighted by Crippen LogP contribution is 2.32. The summed E-state index contributed by atoms with van der Waals surface area (Å²) in [5.74, 6) is 0.487. The lowest BCUT2D eigenvalue weighted by Gasteiger charge is -2.38. The van der Waals surface area contributed by atoms with E-state index in [0.717, 1.165) is 6.42 Å². The molecule has 0 bridgehead atoms. The average Bonchev–Trinajstić information content (AvgIpc) is 1.95. The van der Waals surface area contributed by atoms with E-state index in [9.17, 15) is 0 Å². The average molecular weight is 141 g/mol. The predicted octanol–water partition coefficient (Wildman–Crippen LogP) is 1.72. The summed E-state index contributed by atoms with van der Waals surface area (Å²) in [6.45, 7) is 2.06. The molecule has 1 fully saturated rings. The topological polar surface area (TPSA) is 58.0 Å². The van der Waals surface area contributed by atoms with Gasteiger partial charge in [-0.1, -0.05) is 12.0 Å². The first-order valence-electron chi connectivity index (χ1n) is 3.36. The number of rotatable bonds is 2. The van der Waals surface area contributed by atoms with Crippen LogP contribution >= 0.6 is 0 Å². The van der Waals surface area contributed by atoms with E-state index in [1.165, 1.54) is 0 Å². The molecular formula is C6H11N3O. The van der Waals surface area contributed by atoms with E-state index < -0.39 is 0 Å². The summed E-state index contributed by atoms with van der Waals surface area (Å²) in [7, 11) is 1.65. The zero-order valence-electron chi connectivity index (χ0n) is 6.19. The normalized spacial score (nSPS) is 38.0. The molecule has 0 aromatic rings. The lowest BCUT2D eigenvalue weighted by molar-refractivity contribution is -0.0144. The zero-order valence-corrected chi connectivity index (χ0v) is 6.19. The number of hydrogen-bond acceptors (Lipinski definition) is 2. The molecule has 0 radical (unpaired) electrons. The van der Waals surface area contributed by atoms with Crippen molar-refractivity contribution in [2.45, 2.75) is 25.5 Å². The standard InChI is InChI=1S/C6H11N3O/c1-4-3-5(10-2)6(4)8-9-7/h4-6H,3H2,1-2H3. The van der Waals surface area contributed by atoms with Crippen molar-refractivity contribution in [2.24, 2.45) is 11.0 Å². The third-order valence-electron chi connectivity index (χ3n) is 2.06. The molecule has 0 amide bonds.